The molecule has 0 spiro atoms. The smallest absolute Gasteiger partial charge is 0.119 e. The van der Waals surface area contributed by atoms with Crippen LogP contribution < -0.4 is 10.1 Å². The summed E-state index contributed by atoms with van der Waals surface area (Å²) in [7, 11) is 1.67. The van der Waals surface area contributed by atoms with Gasteiger partial charge in [-0.15, -0.1) is 0 Å². The minimum Gasteiger partial charge on any atom is -0.497 e. The molecule has 0 unspecified atom stereocenters. The number of aliphatic hydroxyl groups is 1. The SMILES string of the molecule is COc1cccc([C@@H](C)NCC(C)(C)CO)c1. The Kier molecular flexibility index (Phi) is 4.97. The minimum atomic E-state index is -0.0902. The first kappa shape index (κ1) is 14.0. The van der Waals surface area contributed by atoms with Crippen LogP contribution in [0, 0.1) is 5.41 Å². The third kappa shape index (κ3) is 4.36. The van der Waals surface area contributed by atoms with Gasteiger partial charge in [-0.1, -0.05) is 26.0 Å². The summed E-state index contributed by atoms with van der Waals surface area (Å²) in [6.45, 7) is 7.16. The van der Waals surface area contributed by atoms with Crippen molar-refractivity contribution in [1.82, 2.24) is 5.32 Å². The van der Waals surface area contributed by atoms with E-state index in [1.807, 2.05) is 32.0 Å². The van der Waals surface area contributed by atoms with E-state index in [9.17, 15) is 5.11 Å². The standard InChI is InChI=1S/C14H23NO2/c1-11(15-9-14(2,3)10-16)12-6-5-7-13(8-12)17-4/h5-8,11,15-16H,9-10H2,1-4H3/t11-/m1/s1. The molecule has 1 aromatic carbocycles. The van der Waals surface area contributed by atoms with Crippen LogP contribution in [0.25, 0.3) is 0 Å². The van der Waals surface area contributed by atoms with E-state index >= 15 is 0 Å². The maximum atomic E-state index is 9.20. The largest absolute Gasteiger partial charge is 0.497 e. The molecule has 96 valence electrons. The Bertz CT molecular complexity index is 350. The Morgan fingerprint density at radius 3 is 2.71 bits per heavy atom. The highest BCUT2D eigenvalue weighted by atomic mass is 16.5. The molecular formula is C14H23NO2. The van der Waals surface area contributed by atoms with Crippen molar-refractivity contribution in [2.45, 2.75) is 26.8 Å². The van der Waals surface area contributed by atoms with E-state index in [0.717, 1.165) is 12.3 Å². The highest BCUT2D eigenvalue weighted by Crippen LogP contribution is 2.20. The maximum Gasteiger partial charge on any atom is 0.119 e. The second kappa shape index (κ2) is 6.03. The Labute approximate surface area is 104 Å². The van der Waals surface area contributed by atoms with Crippen LogP contribution in [-0.2, 0) is 0 Å². The molecule has 0 bridgehead atoms. The van der Waals surface area contributed by atoms with Gasteiger partial charge in [0.05, 0.1) is 7.11 Å². The topological polar surface area (TPSA) is 41.5 Å². The van der Waals surface area contributed by atoms with Gasteiger partial charge >= 0.3 is 0 Å². The molecular weight excluding hydrogens is 214 g/mol. The number of aliphatic hydroxyl groups excluding tert-OH is 1. The number of methoxy groups -OCH3 is 1. The first-order valence-electron chi connectivity index (χ1n) is 5.97. The molecule has 0 radical (unpaired) electrons. The highest BCUT2D eigenvalue weighted by Gasteiger charge is 2.17. The van der Waals surface area contributed by atoms with E-state index < -0.39 is 0 Å². The van der Waals surface area contributed by atoms with Crippen molar-refractivity contribution in [2.75, 3.05) is 20.3 Å². The molecule has 0 amide bonds. The second-order valence-corrected chi connectivity index (χ2v) is 5.20. The summed E-state index contributed by atoms with van der Waals surface area (Å²) in [5, 5.41) is 12.6. The lowest BCUT2D eigenvalue weighted by Gasteiger charge is -2.25. The van der Waals surface area contributed by atoms with Crippen LogP contribution in [0.1, 0.15) is 32.4 Å². The normalized spacial score (nSPS) is 13.5. The van der Waals surface area contributed by atoms with Crippen molar-refractivity contribution < 1.29 is 9.84 Å². The Hall–Kier alpha value is -1.06. The Morgan fingerprint density at radius 1 is 1.41 bits per heavy atom. The lowest BCUT2D eigenvalue weighted by atomic mass is 9.94. The molecule has 3 heteroatoms. The molecule has 0 aliphatic heterocycles. The molecule has 17 heavy (non-hydrogen) atoms. The van der Waals surface area contributed by atoms with Crippen molar-refractivity contribution >= 4 is 0 Å². The summed E-state index contributed by atoms with van der Waals surface area (Å²) >= 11 is 0. The molecule has 0 aliphatic carbocycles. The number of ether oxygens (including phenoxy) is 1. The minimum absolute atomic E-state index is 0.0902. The monoisotopic (exact) mass is 237 g/mol. The predicted octanol–water partition coefficient (Wildman–Crippen LogP) is 2.36. The van der Waals surface area contributed by atoms with Gasteiger partial charge in [0, 0.05) is 24.6 Å². The molecule has 0 saturated carbocycles. The molecule has 3 nitrogen and oxygen atoms in total. The van der Waals surface area contributed by atoms with Gasteiger partial charge in [-0.05, 0) is 24.6 Å². The number of rotatable bonds is 6. The fourth-order valence-electron chi connectivity index (χ4n) is 1.51. The summed E-state index contributed by atoms with van der Waals surface area (Å²) < 4.78 is 5.20. The molecule has 0 aliphatic rings. The molecule has 0 heterocycles. The third-order valence-corrected chi connectivity index (χ3v) is 2.91. The van der Waals surface area contributed by atoms with E-state index in [2.05, 4.69) is 18.3 Å². The van der Waals surface area contributed by atoms with Crippen molar-refractivity contribution in [3.63, 3.8) is 0 Å². The molecule has 0 aromatic heterocycles. The van der Waals surface area contributed by atoms with Crippen LogP contribution in [0.15, 0.2) is 24.3 Å². The van der Waals surface area contributed by atoms with Gasteiger partial charge in [0.25, 0.3) is 0 Å². The van der Waals surface area contributed by atoms with E-state index in [-0.39, 0.29) is 18.1 Å². The van der Waals surface area contributed by atoms with Crippen LogP contribution in [0.2, 0.25) is 0 Å². The van der Waals surface area contributed by atoms with Crippen LogP contribution in [0.4, 0.5) is 0 Å². The van der Waals surface area contributed by atoms with Crippen LogP contribution in [0.3, 0.4) is 0 Å². The second-order valence-electron chi connectivity index (χ2n) is 5.20. The summed E-state index contributed by atoms with van der Waals surface area (Å²) in [6, 6.07) is 8.28. The van der Waals surface area contributed by atoms with E-state index in [1.165, 1.54) is 5.56 Å². The zero-order valence-electron chi connectivity index (χ0n) is 11.2. The van der Waals surface area contributed by atoms with Gasteiger partial charge in [0.2, 0.25) is 0 Å². The van der Waals surface area contributed by atoms with Gasteiger partial charge in [-0.3, -0.25) is 0 Å². The van der Waals surface area contributed by atoms with E-state index in [1.54, 1.807) is 7.11 Å². The van der Waals surface area contributed by atoms with Gasteiger partial charge < -0.3 is 15.2 Å². The van der Waals surface area contributed by atoms with Crippen LogP contribution in [-0.4, -0.2) is 25.4 Å². The number of hydrogen-bond acceptors (Lipinski definition) is 3. The lowest BCUT2D eigenvalue weighted by Crippen LogP contribution is -2.33. The average molecular weight is 237 g/mol. The third-order valence-electron chi connectivity index (χ3n) is 2.91. The van der Waals surface area contributed by atoms with Gasteiger partial charge in [0.1, 0.15) is 5.75 Å². The predicted molar refractivity (Wildman–Crippen MR) is 70.3 cm³/mol. The van der Waals surface area contributed by atoms with Crippen molar-refractivity contribution in [3.8, 4) is 5.75 Å². The zero-order chi connectivity index (χ0) is 12.9. The molecule has 1 atom stereocenters. The number of benzene rings is 1. The van der Waals surface area contributed by atoms with Crippen molar-refractivity contribution in [3.05, 3.63) is 29.8 Å². The first-order valence-corrected chi connectivity index (χ1v) is 5.97. The zero-order valence-corrected chi connectivity index (χ0v) is 11.2. The molecule has 2 N–H and O–H groups in total. The average Bonchev–Trinajstić information content (AvgIpc) is 2.36. The van der Waals surface area contributed by atoms with Gasteiger partial charge in [-0.2, -0.15) is 0 Å². The fourth-order valence-corrected chi connectivity index (χ4v) is 1.51. The Balaban J connectivity index is 2.60. The summed E-state index contributed by atoms with van der Waals surface area (Å²) in [5.74, 6) is 0.873. The van der Waals surface area contributed by atoms with Crippen molar-refractivity contribution in [2.24, 2.45) is 5.41 Å². The lowest BCUT2D eigenvalue weighted by molar-refractivity contribution is 0.154. The van der Waals surface area contributed by atoms with E-state index in [0.29, 0.717) is 0 Å². The van der Waals surface area contributed by atoms with Gasteiger partial charge in [-0.25, -0.2) is 0 Å². The maximum absolute atomic E-state index is 9.20. The molecule has 0 saturated heterocycles. The Morgan fingerprint density at radius 2 is 2.12 bits per heavy atom. The highest BCUT2D eigenvalue weighted by molar-refractivity contribution is 5.30. The molecule has 1 rings (SSSR count). The quantitative estimate of drug-likeness (QED) is 0.798. The number of hydrogen-bond donors (Lipinski definition) is 2. The van der Waals surface area contributed by atoms with Crippen LogP contribution in [0.5, 0.6) is 5.75 Å². The first-order chi connectivity index (χ1) is 7.98. The fraction of sp³-hybridized carbons (Fsp3) is 0.571. The summed E-state index contributed by atoms with van der Waals surface area (Å²) in [5.41, 5.74) is 1.10. The van der Waals surface area contributed by atoms with Crippen molar-refractivity contribution in [1.29, 1.82) is 0 Å². The van der Waals surface area contributed by atoms with E-state index in [4.69, 9.17) is 4.74 Å². The summed E-state index contributed by atoms with van der Waals surface area (Å²) in [4.78, 5) is 0. The summed E-state index contributed by atoms with van der Waals surface area (Å²) in [6.07, 6.45) is 0. The van der Waals surface area contributed by atoms with Gasteiger partial charge in [0.15, 0.2) is 0 Å². The molecule has 1 aromatic rings. The number of nitrogens with one attached hydrogen (secondary N) is 1. The molecule has 0 fully saturated rings. The van der Waals surface area contributed by atoms with Crippen LogP contribution >= 0.6 is 0 Å².